The lowest BCUT2D eigenvalue weighted by atomic mass is 9.91. The zero-order chi connectivity index (χ0) is 24.3. The molecule has 2 aromatic heterocycles. The number of nitrogens with zero attached hydrogens (tertiary/aromatic N) is 8. The van der Waals surface area contributed by atoms with E-state index in [0.29, 0.717) is 58.6 Å². The van der Waals surface area contributed by atoms with E-state index in [0.717, 1.165) is 31.6 Å². The maximum atomic E-state index is 10.0. The van der Waals surface area contributed by atoms with E-state index in [9.17, 15) is 15.6 Å². The van der Waals surface area contributed by atoms with Gasteiger partial charge in [0, 0.05) is 38.3 Å². The van der Waals surface area contributed by atoms with Gasteiger partial charge in [0.15, 0.2) is 17.2 Å². The highest BCUT2D eigenvalue weighted by atomic mass is 35.5. The average Bonchev–Trinajstić information content (AvgIpc) is 3.49. The molecule has 1 saturated carbocycles. The molecule has 178 valence electrons. The van der Waals surface area contributed by atoms with Gasteiger partial charge in [0.2, 0.25) is 5.95 Å². The van der Waals surface area contributed by atoms with Crippen LogP contribution < -0.4 is 15.5 Å². The molecule has 0 atom stereocenters. The van der Waals surface area contributed by atoms with Crippen molar-refractivity contribution < 1.29 is 5.11 Å². The summed E-state index contributed by atoms with van der Waals surface area (Å²) in [7, 11) is 0. The lowest BCUT2D eigenvalue weighted by Crippen LogP contribution is -2.70. The first-order valence-corrected chi connectivity index (χ1v) is 11.9. The van der Waals surface area contributed by atoms with Gasteiger partial charge in [0.1, 0.15) is 6.07 Å². The second kappa shape index (κ2) is 7.95. The van der Waals surface area contributed by atoms with Crippen LogP contribution in [0.2, 0.25) is 5.02 Å². The number of imidazole rings is 1. The molecule has 6 rings (SSSR count). The number of fused-ring (bicyclic) bond motifs is 1. The molecule has 3 N–H and O–H groups in total. The van der Waals surface area contributed by atoms with Crippen molar-refractivity contribution in [2.75, 3.05) is 41.7 Å². The van der Waals surface area contributed by atoms with Gasteiger partial charge in [-0.3, -0.25) is 4.90 Å². The maximum absolute atomic E-state index is 10.0. The molecule has 11 nitrogen and oxygen atoms in total. The average molecular weight is 491 g/mol. The Kier molecular flexibility index (Phi) is 4.97. The Morgan fingerprint density at radius 3 is 2.63 bits per heavy atom. The fourth-order valence-corrected chi connectivity index (χ4v) is 4.89. The molecule has 3 fully saturated rings. The molecule has 2 saturated heterocycles. The summed E-state index contributed by atoms with van der Waals surface area (Å²) in [5, 5.41) is 40.5. The molecular weight excluding hydrogens is 468 g/mol. The summed E-state index contributed by atoms with van der Waals surface area (Å²) in [5.74, 6) is 0.776. The summed E-state index contributed by atoms with van der Waals surface area (Å²) >= 11 is 6.80. The molecule has 4 heterocycles. The smallest absolute Gasteiger partial charge is 0.247 e. The lowest BCUT2D eigenvalue weighted by Gasteiger charge is -2.55. The second-order valence-electron chi connectivity index (χ2n) is 9.75. The number of β-amino-alcohol motifs (C(OH)–C–C–N with tert-alkyl or cyclic N) is 1. The van der Waals surface area contributed by atoms with Gasteiger partial charge in [-0.25, -0.2) is 4.98 Å². The quantitative estimate of drug-likeness (QED) is 0.470. The van der Waals surface area contributed by atoms with Crippen molar-refractivity contribution in [2.45, 2.75) is 37.5 Å². The molecule has 1 aromatic carbocycles. The van der Waals surface area contributed by atoms with Crippen molar-refractivity contribution in [3.8, 4) is 12.1 Å². The minimum absolute atomic E-state index is 0.238. The highest BCUT2D eigenvalue weighted by molar-refractivity contribution is 6.36. The molecule has 2 aliphatic heterocycles. The number of aromatic nitrogens is 4. The number of nitrogens with one attached hydrogen (secondary N) is 2. The van der Waals surface area contributed by atoms with Crippen LogP contribution in [-0.4, -0.2) is 73.5 Å². The Labute approximate surface area is 206 Å². The standard InChI is InChI=1S/C23H23ClN10O/c1-23(35)11-33(12-23)16-9-32(10-16)18-5-13(6-25)4-17(19(18)24)29-22-30-20(28-14-2-3-14)21-27-8-15(7-26)34(21)31-22/h4-5,8,14,16,35H,2-3,9-12H2,1H3,(H2,28,29,30,31). The number of benzene rings is 1. The zero-order valence-electron chi connectivity index (χ0n) is 19.0. The Morgan fingerprint density at radius 1 is 1.20 bits per heavy atom. The van der Waals surface area contributed by atoms with Crippen LogP contribution in [0.15, 0.2) is 18.3 Å². The van der Waals surface area contributed by atoms with Crippen LogP contribution in [0.3, 0.4) is 0 Å². The Bertz CT molecular complexity index is 1400. The van der Waals surface area contributed by atoms with Crippen molar-refractivity contribution in [3.05, 3.63) is 34.6 Å². The summed E-state index contributed by atoms with van der Waals surface area (Å²) in [6, 6.07) is 8.41. The van der Waals surface area contributed by atoms with Gasteiger partial charge in [-0.15, -0.1) is 5.10 Å². The Morgan fingerprint density at radius 2 is 1.97 bits per heavy atom. The van der Waals surface area contributed by atoms with Crippen LogP contribution in [0.1, 0.15) is 31.0 Å². The van der Waals surface area contributed by atoms with Gasteiger partial charge < -0.3 is 20.6 Å². The van der Waals surface area contributed by atoms with E-state index in [1.165, 1.54) is 10.7 Å². The first-order chi connectivity index (χ1) is 16.8. The van der Waals surface area contributed by atoms with Gasteiger partial charge in [0.05, 0.1) is 39.8 Å². The summed E-state index contributed by atoms with van der Waals surface area (Å²) in [4.78, 5) is 13.3. The summed E-state index contributed by atoms with van der Waals surface area (Å²) < 4.78 is 1.45. The molecule has 3 aliphatic rings. The monoisotopic (exact) mass is 490 g/mol. The number of aliphatic hydroxyl groups is 1. The molecule has 3 aromatic rings. The van der Waals surface area contributed by atoms with Crippen molar-refractivity contribution in [1.29, 1.82) is 10.5 Å². The van der Waals surface area contributed by atoms with E-state index < -0.39 is 5.60 Å². The third-order valence-corrected chi connectivity index (χ3v) is 7.03. The van der Waals surface area contributed by atoms with Gasteiger partial charge in [-0.2, -0.15) is 20.0 Å². The minimum atomic E-state index is -0.606. The number of likely N-dealkylation sites (tertiary alicyclic amines) is 1. The number of anilines is 4. The number of rotatable bonds is 6. The topological polar surface area (TPSA) is 141 Å². The van der Waals surface area contributed by atoms with E-state index in [1.807, 2.05) is 6.92 Å². The molecule has 1 aliphatic carbocycles. The normalized spacial score (nSPS) is 19.5. The molecule has 35 heavy (non-hydrogen) atoms. The van der Waals surface area contributed by atoms with Crippen molar-refractivity contribution >= 4 is 40.4 Å². The SMILES string of the molecule is CC1(O)CN(C2CN(c3cc(C#N)cc(Nc4nc(NC5CC5)c5ncc(C#N)n5n4)c3Cl)C2)C1. The summed E-state index contributed by atoms with van der Waals surface area (Å²) in [6.45, 7) is 4.71. The molecule has 0 bridgehead atoms. The summed E-state index contributed by atoms with van der Waals surface area (Å²) in [5.41, 5.74) is 1.89. The fraction of sp³-hybridized carbons (Fsp3) is 0.435. The Balaban J connectivity index is 1.29. The van der Waals surface area contributed by atoms with E-state index in [2.05, 4.69) is 47.6 Å². The third-order valence-electron chi connectivity index (χ3n) is 6.63. The minimum Gasteiger partial charge on any atom is -0.388 e. The lowest BCUT2D eigenvalue weighted by molar-refractivity contribution is -0.106. The van der Waals surface area contributed by atoms with E-state index in [1.54, 1.807) is 12.1 Å². The van der Waals surface area contributed by atoms with Crippen molar-refractivity contribution in [1.82, 2.24) is 24.5 Å². The van der Waals surface area contributed by atoms with E-state index in [4.69, 9.17) is 11.6 Å². The van der Waals surface area contributed by atoms with Gasteiger partial charge in [-0.1, -0.05) is 11.6 Å². The molecule has 12 heteroatoms. The predicted octanol–water partition coefficient (Wildman–Crippen LogP) is 2.09. The number of hydrogen-bond donors (Lipinski definition) is 3. The largest absolute Gasteiger partial charge is 0.388 e. The van der Waals surface area contributed by atoms with Crippen LogP contribution in [0.5, 0.6) is 0 Å². The fourth-order valence-electron chi connectivity index (χ4n) is 4.61. The molecule has 0 amide bonds. The van der Waals surface area contributed by atoms with Crippen LogP contribution in [-0.2, 0) is 0 Å². The van der Waals surface area contributed by atoms with Gasteiger partial charge in [0.25, 0.3) is 0 Å². The van der Waals surface area contributed by atoms with E-state index in [-0.39, 0.29) is 5.95 Å². The Hall–Kier alpha value is -3.64. The second-order valence-corrected chi connectivity index (χ2v) is 10.1. The summed E-state index contributed by atoms with van der Waals surface area (Å²) in [6.07, 6.45) is 3.57. The number of hydrogen-bond acceptors (Lipinski definition) is 10. The van der Waals surface area contributed by atoms with Gasteiger partial charge >= 0.3 is 0 Å². The number of nitriles is 2. The van der Waals surface area contributed by atoms with Crippen LogP contribution in [0.4, 0.5) is 23.1 Å². The molecule has 0 radical (unpaired) electrons. The van der Waals surface area contributed by atoms with Crippen LogP contribution in [0.25, 0.3) is 5.65 Å². The number of halogens is 1. The maximum Gasteiger partial charge on any atom is 0.247 e. The highest BCUT2D eigenvalue weighted by Crippen LogP contribution is 2.39. The molecular formula is C23H23ClN10O. The molecule has 0 unspecified atom stereocenters. The van der Waals surface area contributed by atoms with Gasteiger partial charge in [-0.05, 0) is 31.9 Å². The van der Waals surface area contributed by atoms with Crippen molar-refractivity contribution in [2.24, 2.45) is 0 Å². The van der Waals surface area contributed by atoms with Crippen LogP contribution in [0, 0.1) is 22.7 Å². The molecule has 0 spiro atoms. The van der Waals surface area contributed by atoms with Crippen molar-refractivity contribution in [3.63, 3.8) is 0 Å². The first kappa shape index (κ1) is 21.9. The zero-order valence-corrected chi connectivity index (χ0v) is 19.8. The van der Waals surface area contributed by atoms with Crippen LogP contribution >= 0.6 is 11.6 Å². The third kappa shape index (κ3) is 3.98. The first-order valence-electron chi connectivity index (χ1n) is 11.5. The van der Waals surface area contributed by atoms with E-state index >= 15 is 0 Å². The predicted molar refractivity (Wildman–Crippen MR) is 130 cm³/mol. The highest BCUT2D eigenvalue weighted by Gasteiger charge is 2.44.